The number of hydrogen-bond donors (Lipinski definition) is 1. The van der Waals surface area contributed by atoms with E-state index in [1.165, 1.54) is 17.8 Å². The van der Waals surface area contributed by atoms with E-state index in [0.717, 1.165) is 34.7 Å². The molecule has 98 valence electrons. The lowest BCUT2D eigenvalue weighted by atomic mass is 9.82. The molecule has 2 aromatic rings. The third-order valence-electron chi connectivity index (χ3n) is 3.60. The molecule has 4 heteroatoms. The minimum Gasteiger partial charge on any atom is -0.477 e. The van der Waals surface area contributed by atoms with Crippen molar-refractivity contribution in [3.63, 3.8) is 0 Å². The van der Waals surface area contributed by atoms with Crippen molar-refractivity contribution < 1.29 is 9.90 Å². The quantitative estimate of drug-likeness (QED) is 0.916. The maximum atomic E-state index is 11.3. The molecule has 0 bridgehead atoms. The number of aryl methyl sites for hydroxylation is 1. The number of rotatable bonds is 3. The van der Waals surface area contributed by atoms with Crippen LogP contribution in [0.2, 0.25) is 0 Å². The molecule has 0 saturated heterocycles. The van der Waals surface area contributed by atoms with Crippen molar-refractivity contribution in [3.05, 3.63) is 40.4 Å². The van der Waals surface area contributed by atoms with E-state index in [-0.39, 0.29) is 0 Å². The molecular formula is C15H15NO2S. The number of aromatic nitrogens is 1. The van der Waals surface area contributed by atoms with Crippen LogP contribution in [0.25, 0.3) is 10.6 Å². The van der Waals surface area contributed by atoms with Gasteiger partial charge in [0.25, 0.3) is 0 Å². The fourth-order valence-electron chi connectivity index (χ4n) is 2.35. The second-order valence-electron chi connectivity index (χ2n) is 5.04. The van der Waals surface area contributed by atoms with Crippen LogP contribution in [0, 0.1) is 6.92 Å². The summed E-state index contributed by atoms with van der Waals surface area (Å²) in [6, 6.07) is 8.05. The first-order valence-electron chi connectivity index (χ1n) is 6.46. The van der Waals surface area contributed by atoms with Crippen molar-refractivity contribution >= 4 is 17.3 Å². The van der Waals surface area contributed by atoms with Gasteiger partial charge in [0.2, 0.25) is 0 Å². The second-order valence-corrected chi connectivity index (χ2v) is 6.03. The molecular weight excluding hydrogens is 258 g/mol. The third kappa shape index (κ3) is 2.28. The molecule has 1 heterocycles. The average molecular weight is 273 g/mol. The maximum Gasteiger partial charge on any atom is 0.347 e. The van der Waals surface area contributed by atoms with Crippen LogP contribution in [0.15, 0.2) is 24.3 Å². The molecule has 0 aliphatic heterocycles. The molecule has 1 aromatic heterocycles. The van der Waals surface area contributed by atoms with Gasteiger partial charge in [0.15, 0.2) is 0 Å². The number of hydrogen-bond acceptors (Lipinski definition) is 3. The largest absolute Gasteiger partial charge is 0.477 e. The third-order valence-corrected chi connectivity index (χ3v) is 4.71. The number of carboxylic acids is 1. The zero-order valence-electron chi connectivity index (χ0n) is 10.7. The number of benzene rings is 1. The van der Waals surface area contributed by atoms with Gasteiger partial charge in [0, 0.05) is 11.5 Å². The summed E-state index contributed by atoms with van der Waals surface area (Å²) in [6.45, 7) is 2.03. The van der Waals surface area contributed by atoms with Gasteiger partial charge in [-0.05, 0) is 25.8 Å². The van der Waals surface area contributed by atoms with E-state index in [9.17, 15) is 9.90 Å². The molecule has 1 aliphatic rings. The minimum atomic E-state index is -0.849. The van der Waals surface area contributed by atoms with Gasteiger partial charge in [-0.15, -0.1) is 11.3 Å². The predicted molar refractivity (Wildman–Crippen MR) is 75.8 cm³/mol. The molecule has 0 spiro atoms. The van der Waals surface area contributed by atoms with Crippen LogP contribution in [-0.2, 0) is 0 Å². The van der Waals surface area contributed by atoms with Crippen molar-refractivity contribution in [3.8, 4) is 10.6 Å². The number of thiazole rings is 1. The lowest BCUT2D eigenvalue weighted by Gasteiger charge is -2.23. The highest BCUT2D eigenvalue weighted by Crippen LogP contribution is 2.41. The molecule has 1 aromatic carbocycles. The van der Waals surface area contributed by atoms with Gasteiger partial charge < -0.3 is 5.11 Å². The first kappa shape index (κ1) is 12.4. The summed E-state index contributed by atoms with van der Waals surface area (Å²) in [7, 11) is 0. The van der Waals surface area contributed by atoms with E-state index >= 15 is 0 Å². The Balaban J connectivity index is 2.05. The highest BCUT2D eigenvalue weighted by Gasteiger charge is 2.28. The van der Waals surface area contributed by atoms with Crippen LogP contribution in [0.4, 0.5) is 0 Å². The zero-order chi connectivity index (χ0) is 13.4. The molecule has 1 fully saturated rings. The molecule has 1 saturated carbocycles. The molecule has 3 nitrogen and oxygen atoms in total. The van der Waals surface area contributed by atoms with Crippen molar-refractivity contribution in [2.24, 2.45) is 0 Å². The highest BCUT2D eigenvalue weighted by molar-refractivity contribution is 7.17. The maximum absolute atomic E-state index is 11.3. The lowest BCUT2D eigenvalue weighted by molar-refractivity contribution is 0.0699. The van der Waals surface area contributed by atoms with Crippen molar-refractivity contribution in [2.75, 3.05) is 0 Å². The van der Waals surface area contributed by atoms with E-state index < -0.39 is 5.97 Å². The summed E-state index contributed by atoms with van der Waals surface area (Å²) >= 11 is 1.30. The summed E-state index contributed by atoms with van der Waals surface area (Å²) in [4.78, 5) is 16.4. The van der Waals surface area contributed by atoms with Crippen molar-refractivity contribution in [1.82, 2.24) is 4.98 Å². The molecule has 0 unspecified atom stereocenters. The minimum absolute atomic E-state index is 0.348. The number of aromatic carboxylic acids is 1. The average Bonchev–Trinajstić information content (AvgIpc) is 2.71. The molecule has 3 rings (SSSR count). The van der Waals surface area contributed by atoms with Crippen LogP contribution in [0.3, 0.4) is 0 Å². The number of carbonyl (C=O) groups is 1. The van der Waals surface area contributed by atoms with Gasteiger partial charge in [-0.25, -0.2) is 9.78 Å². The summed E-state index contributed by atoms with van der Waals surface area (Å²) < 4.78 is 0. The fourth-order valence-corrected chi connectivity index (χ4v) is 3.33. The first-order valence-corrected chi connectivity index (χ1v) is 7.28. The van der Waals surface area contributed by atoms with Crippen LogP contribution < -0.4 is 0 Å². The van der Waals surface area contributed by atoms with E-state index in [4.69, 9.17) is 0 Å². The second kappa shape index (κ2) is 4.78. The van der Waals surface area contributed by atoms with Crippen molar-refractivity contribution in [1.29, 1.82) is 0 Å². The zero-order valence-corrected chi connectivity index (χ0v) is 11.5. The monoisotopic (exact) mass is 273 g/mol. The fraction of sp³-hybridized carbons (Fsp3) is 0.333. The summed E-state index contributed by atoms with van der Waals surface area (Å²) in [5.74, 6) is -0.501. The number of carboxylic acid groups (broad SMARTS) is 1. The topological polar surface area (TPSA) is 50.2 Å². The highest BCUT2D eigenvalue weighted by atomic mass is 32.1. The van der Waals surface area contributed by atoms with Gasteiger partial charge in [-0.2, -0.15) is 0 Å². The Hall–Kier alpha value is -1.68. The van der Waals surface area contributed by atoms with Gasteiger partial charge in [-0.3, -0.25) is 0 Å². The van der Waals surface area contributed by atoms with E-state index in [0.29, 0.717) is 10.8 Å². The molecule has 0 amide bonds. The van der Waals surface area contributed by atoms with Crippen LogP contribution in [0.5, 0.6) is 0 Å². The van der Waals surface area contributed by atoms with E-state index in [2.05, 4.69) is 11.1 Å². The normalized spacial score (nSPS) is 15.2. The molecule has 1 N–H and O–H groups in total. The van der Waals surface area contributed by atoms with Crippen LogP contribution >= 0.6 is 11.3 Å². The standard InChI is InChI=1S/C15H15NO2S/c1-9-4-2-7-11(8-9)14-16-12(10-5-3-6-10)13(19-14)15(17)18/h2,4,7-8,10H,3,5-6H2,1H3,(H,17,18). The summed E-state index contributed by atoms with van der Waals surface area (Å²) in [5, 5.41) is 10.1. The first-order chi connectivity index (χ1) is 9.15. The number of nitrogens with zero attached hydrogens (tertiary/aromatic N) is 1. The summed E-state index contributed by atoms with van der Waals surface area (Å²) in [5.41, 5.74) is 2.97. The van der Waals surface area contributed by atoms with Gasteiger partial charge in [0.05, 0.1) is 5.69 Å². The molecule has 19 heavy (non-hydrogen) atoms. The Morgan fingerprint density at radius 1 is 1.42 bits per heavy atom. The van der Waals surface area contributed by atoms with Gasteiger partial charge in [0.1, 0.15) is 9.88 Å². The van der Waals surface area contributed by atoms with Crippen molar-refractivity contribution in [2.45, 2.75) is 32.1 Å². The Kier molecular flexibility index (Phi) is 3.11. The van der Waals surface area contributed by atoms with Crippen LogP contribution in [0.1, 0.15) is 46.1 Å². The Morgan fingerprint density at radius 3 is 2.79 bits per heavy atom. The van der Waals surface area contributed by atoms with Gasteiger partial charge in [-0.1, -0.05) is 30.2 Å². The molecule has 0 atom stereocenters. The molecule has 0 radical (unpaired) electrons. The van der Waals surface area contributed by atoms with Gasteiger partial charge >= 0.3 is 5.97 Å². The van der Waals surface area contributed by atoms with E-state index in [1.807, 2.05) is 25.1 Å². The Labute approximate surface area is 115 Å². The predicted octanol–water partition coefficient (Wildman–Crippen LogP) is 4.08. The Bertz CT molecular complexity index is 629. The summed E-state index contributed by atoms with van der Waals surface area (Å²) in [6.07, 6.45) is 3.32. The Morgan fingerprint density at radius 2 is 2.21 bits per heavy atom. The van der Waals surface area contributed by atoms with E-state index in [1.54, 1.807) is 0 Å². The lowest BCUT2D eigenvalue weighted by Crippen LogP contribution is -2.12. The smallest absolute Gasteiger partial charge is 0.347 e. The molecule has 1 aliphatic carbocycles. The SMILES string of the molecule is Cc1cccc(-c2nc(C3CCC3)c(C(=O)O)s2)c1. The van der Waals surface area contributed by atoms with Crippen LogP contribution in [-0.4, -0.2) is 16.1 Å².